The topological polar surface area (TPSA) is 130 Å². The number of hydrogen-bond acceptors (Lipinski definition) is 7. The molecule has 1 saturated carbocycles. The molecule has 0 aromatic carbocycles. The van der Waals surface area contributed by atoms with Gasteiger partial charge in [-0.15, -0.1) is 11.3 Å². The van der Waals surface area contributed by atoms with Crippen LogP contribution in [0.5, 0.6) is 0 Å². The Morgan fingerprint density at radius 3 is 2.47 bits per heavy atom. The maximum Gasteiger partial charge on any atom is 0.408 e. The second-order valence-corrected chi connectivity index (χ2v) is 12.3. The van der Waals surface area contributed by atoms with Gasteiger partial charge in [-0.05, 0) is 46.0 Å². The number of aromatic nitrogens is 1. The number of aliphatic hydroxyl groups is 1. The number of ether oxygens (including phenoxy) is 1. The number of unbranched alkanes of at least 4 members (excludes halogenated alkanes) is 1. The van der Waals surface area contributed by atoms with Crippen molar-refractivity contribution in [2.75, 3.05) is 6.54 Å². The summed E-state index contributed by atoms with van der Waals surface area (Å²) in [7, 11) is 0. The van der Waals surface area contributed by atoms with Gasteiger partial charge in [0.1, 0.15) is 11.6 Å². The number of thiazole rings is 1. The zero-order chi connectivity index (χ0) is 28.1. The molecular weight excluding hydrogens is 504 g/mol. The highest BCUT2D eigenvalue weighted by atomic mass is 32.1. The molecule has 4 atom stereocenters. The lowest BCUT2D eigenvalue weighted by Crippen LogP contribution is -2.54. The highest BCUT2D eigenvalue weighted by molar-refractivity contribution is 7.07. The van der Waals surface area contributed by atoms with Crippen LogP contribution < -0.4 is 16.0 Å². The van der Waals surface area contributed by atoms with Crippen LogP contribution in [0.3, 0.4) is 0 Å². The number of nitrogens with one attached hydrogen (secondary N) is 3. The van der Waals surface area contributed by atoms with E-state index in [0.717, 1.165) is 38.5 Å². The van der Waals surface area contributed by atoms with Gasteiger partial charge in [0.15, 0.2) is 0 Å². The first-order valence-electron chi connectivity index (χ1n) is 14.1. The number of aliphatic hydroxyl groups excluding tert-OH is 1. The van der Waals surface area contributed by atoms with Crippen LogP contribution >= 0.6 is 11.3 Å². The maximum absolute atomic E-state index is 13.5. The number of nitrogens with zero attached hydrogens (tertiary/aromatic N) is 1. The van der Waals surface area contributed by atoms with Crippen LogP contribution in [-0.2, 0) is 20.7 Å². The summed E-state index contributed by atoms with van der Waals surface area (Å²) >= 11 is 1.42. The van der Waals surface area contributed by atoms with E-state index in [1.165, 1.54) is 17.8 Å². The fourth-order valence-electron chi connectivity index (χ4n) is 4.78. The van der Waals surface area contributed by atoms with Crippen molar-refractivity contribution in [3.63, 3.8) is 0 Å². The molecule has 3 amide bonds. The lowest BCUT2D eigenvalue weighted by Gasteiger charge is -2.32. The van der Waals surface area contributed by atoms with Crippen LogP contribution in [0.15, 0.2) is 10.9 Å². The van der Waals surface area contributed by atoms with Crippen molar-refractivity contribution in [1.82, 2.24) is 20.9 Å². The molecule has 38 heavy (non-hydrogen) atoms. The molecule has 2 rings (SSSR count). The van der Waals surface area contributed by atoms with Gasteiger partial charge in [0.25, 0.3) is 0 Å². The monoisotopic (exact) mass is 552 g/mol. The van der Waals surface area contributed by atoms with E-state index < -0.39 is 41.7 Å². The van der Waals surface area contributed by atoms with E-state index in [4.69, 9.17) is 4.74 Å². The van der Waals surface area contributed by atoms with Gasteiger partial charge in [-0.1, -0.05) is 52.4 Å². The molecule has 0 radical (unpaired) electrons. The molecule has 216 valence electrons. The largest absolute Gasteiger partial charge is 0.444 e. The molecule has 4 N–H and O–H groups in total. The molecule has 0 unspecified atom stereocenters. The van der Waals surface area contributed by atoms with E-state index in [9.17, 15) is 19.5 Å². The van der Waals surface area contributed by atoms with Crippen LogP contribution in [0.1, 0.15) is 98.1 Å². The summed E-state index contributed by atoms with van der Waals surface area (Å²) in [6.07, 6.45) is 7.02. The van der Waals surface area contributed by atoms with Crippen LogP contribution in [0, 0.1) is 11.8 Å². The van der Waals surface area contributed by atoms with E-state index in [-0.39, 0.29) is 18.7 Å². The Hall–Kier alpha value is -2.20. The van der Waals surface area contributed by atoms with Gasteiger partial charge in [0, 0.05) is 24.3 Å². The van der Waals surface area contributed by atoms with Crippen LogP contribution in [0.2, 0.25) is 0 Å². The third-order valence-corrected chi connectivity index (χ3v) is 7.52. The maximum atomic E-state index is 13.5. The summed E-state index contributed by atoms with van der Waals surface area (Å²) in [4.78, 5) is 42.9. The Balaban J connectivity index is 2.13. The fraction of sp³-hybridized carbons (Fsp3) is 0.786. The average Bonchev–Trinajstić information content (AvgIpc) is 3.36. The predicted molar refractivity (Wildman–Crippen MR) is 150 cm³/mol. The highest BCUT2D eigenvalue weighted by Gasteiger charge is 2.32. The molecule has 0 spiro atoms. The Labute approximate surface area is 231 Å². The van der Waals surface area contributed by atoms with Crippen molar-refractivity contribution in [1.29, 1.82) is 0 Å². The summed E-state index contributed by atoms with van der Waals surface area (Å²) in [5.74, 6) is -0.483. The molecule has 1 aliphatic rings. The first-order chi connectivity index (χ1) is 18.0. The van der Waals surface area contributed by atoms with E-state index in [2.05, 4.69) is 27.9 Å². The molecule has 9 nitrogen and oxygen atoms in total. The minimum absolute atomic E-state index is 0.0896. The molecule has 1 aromatic rings. The molecule has 1 aromatic heterocycles. The quantitative estimate of drug-likeness (QED) is 0.254. The summed E-state index contributed by atoms with van der Waals surface area (Å²) in [6.45, 7) is 9.78. The summed E-state index contributed by atoms with van der Waals surface area (Å²) < 4.78 is 5.39. The molecule has 1 heterocycles. The van der Waals surface area contributed by atoms with Gasteiger partial charge in [0.2, 0.25) is 11.8 Å². The zero-order valence-corrected chi connectivity index (χ0v) is 24.6. The second kappa shape index (κ2) is 16.0. The third kappa shape index (κ3) is 12.1. The van der Waals surface area contributed by atoms with Gasteiger partial charge in [-0.25, -0.2) is 9.78 Å². The van der Waals surface area contributed by atoms with Gasteiger partial charge >= 0.3 is 6.09 Å². The second-order valence-electron chi connectivity index (χ2n) is 11.6. The lowest BCUT2D eigenvalue weighted by molar-refractivity contribution is -0.126. The van der Waals surface area contributed by atoms with Gasteiger partial charge in [-0.3, -0.25) is 9.59 Å². The molecule has 0 saturated heterocycles. The summed E-state index contributed by atoms with van der Waals surface area (Å²) in [6, 6.07) is -1.45. The van der Waals surface area contributed by atoms with Crippen LogP contribution in [0.4, 0.5) is 4.79 Å². The Morgan fingerprint density at radius 1 is 1.16 bits per heavy atom. The SMILES string of the molecule is CCCCNC(=O)[C@H](C)C[C@H](O)[C@H](CC1CCCCC1)NC(=O)[C@H](Cc1cscn1)NC(=O)OC(C)(C)C. The van der Waals surface area contributed by atoms with Gasteiger partial charge < -0.3 is 25.8 Å². The smallest absolute Gasteiger partial charge is 0.408 e. The molecule has 1 aliphatic carbocycles. The number of rotatable bonds is 14. The molecule has 0 aliphatic heterocycles. The standard InChI is InChI=1S/C28H48N4O5S/c1-6-7-13-29-25(34)19(2)14-24(33)22(15-20-11-9-8-10-12-20)31-26(35)23(16-21-17-38-18-30-21)32-27(36)37-28(3,4)5/h17-20,22-24,33H,6-16H2,1-5H3,(H,29,34)(H,31,35)(H,32,36)/t19-,22+,23+,24+/m1/s1. The number of carbonyl (C=O) groups is 3. The third-order valence-electron chi connectivity index (χ3n) is 6.88. The van der Waals surface area contributed by atoms with Crippen molar-refractivity contribution >= 4 is 29.2 Å². The minimum atomic E-state index is -0.914. The van der Waals surface area contributed by atoms with Crippen molar-refractivity contribution in [2.45, 2.75) is 123 Å². The van der Waals surface area contributed by atoms with Crippen LogP contribution in [0.25, 0.3) is 0 Å². The predicted octanol–water partition coefficient (Wildman–Crippen LogP) is 4.34. The number of amides is 3. The highest BCUT2D eigenvalue weighted by Crippen LogP contribution is 2.29. The minimum Gasteiger partial charge on any atom is -0.444 e. The summed E-state index contributed by atoms with van der Waals surface area (Å²) in [5.41, 5.74) is 1.66. The zero-order valence-electron chi connectivity index (χ0n) is 23.8. The normalized spacial score (nSPS) is 17.6. The van der Waals surface area contributed by atoms with Gasteiger partial charge in [-0.2, -0.15) is 0 Å². The van der Waals surface area contributed by atoms with Gasteiger partial charge in [0.05, 0.1) is 23.4 Å². The van der Waals surface area contributed by atoms with E-state index in [1.807, 2.05) is 5.38 Å². The Bertz CT molecular complexity index is 852. The van der Waals surface area contributed by atoms with Crippen molar-refractivity contribution in [2.24, 2.45) is 11.8 Å². The summed E-state index contributed by atoms with van der Waals surface area (Å²) in [5, 5.41) is 21.7. The first kappa shape index (κ1) is 32.0. The van der Waals surface area contributed by atoms with Crippen molar-refractivity contribution in [3.8, 4) is 0 Å². The average molecular weight is 553 g/mol. The molecule has 10 heteroatoms. The first-order valence-corrected chi connectivity index (χ1v) is 15.1. The Morgan fingerprint density at radius 2 is 1.87 bits per heavy atom. The number of carbonyl (C=O) groups excluding carboxylic acids is 3. The Kier molecular flexibility index (Phi) is 13.5. The van der Waals surface area contributed by atoms with E-state index >= 15 is 0 Å². The van der Waals surface area contributed by atoms with E-state index in [1.54, 1.807) is 33.2 Å². The molecular formula is C28H48N4O5S. The van der Waals surface area contributed by atoms with E-state index in [0.29, 0.717) is 24.6 Å². The van der Waals surface area contributed by atoms with Crippen molar-refractivity contribution in [3.05, 3.63) is 16.6 Å². The van der Waals surface area contributed by atoms with Crippen molar-refractivity contribution < 1.29 is 24.2 Å². The number of hydrogen-bond donors (Lipinski definition) is 4. The molecule has 0 bridgehead atoms. The molecule has 1 fully saturated rings. The number of alkyl carbamates (subject to hydrolysis) is 1. The van der Waals surface area contributed by atoms with Crippen LogP contribution in [-0.4, -0.2) is 58.3 Å². The fourth-order valence-corrected chi connectivity index (χ4v) is 5.35. The lowest BCUT2D eigenvalue weighted by atomic mass is 9.82.